The van der Waals surface area contributed by atoms with Gasteiger partial charge in [-0.3, -0.25) is 4.98 Å². The molecular weight excluding hydrogens is 323 g/mol. The van der Waals surface area contributed by atoms with Crippen molar-refractivity contribution in [3.05, 3.63) is 52.5 Å². The Morgan fingerprint density at radius 1 is 1.30 bits per heavy atom. The van der Waals surface area contributed by atoms with Crippen LogP contribution in [-0.2, 0) is 6.54 Å². The SMILES string of the molecule is CCCNCc1ccncc1Oc1cc(F)ccc1Br. The van der Waals surface area contributed by atoms with Gasteiger partial charge in [0.1, 0.15) is 17.3 Å². The second-order valence-electron chi connectivity index (χ2n) is 4.34. The minimum absolute atomic E-state index is 0.335. The number of aromatic nitrogens is 1. The first-order valence-corrected chi connectivity index (χ1v) is 7.26. The van der Waals surface area contributed by atoms with Gasteiger partial charge < -0.3 is 10.1 Å². The summed E-state index contributed by atoms with van der Waals surface area (Å²) in [7, 11) is 0. The number of hydrogen-bond donors (Lipinski definition) is 1. The number of nitrogens with zero attached hydrogens (tertiary/aromatic N) is 1. The van der Waals surface area contributed by atoms with Crippen molar-refractivity contribution in [2.24, 2.45) is 0 Å². The molecule has 2 aromatic rings. The Hall–Kier alpha value is -1.46. The van der Waals surface area contributed by atoms with Crippen molar-refractivity contribution < 1.29 is 9.13 Å². The molecule has 0 saturated carbocycles. The van der Waals surface area contributed by atoms with Crippen molar-refractivity contribution in [3.63, 3.8) is 0 Å². The van der Waals surface area contributed by atoms with Crippen molar-refractivity contribution in [2.75, 3.05) is 6.54 Å². The maximum atomic E-state index is 13.3. The van der Waals surface area contributed by atoms with Crippen molar-refractivity contribution in [3.8, 4) is 11.5 Å². The number of nitrogens with one attached hydrogen (secondary N) is 1. The highest BCUT2D eigenvalue weighted by Gasteiger charge is 2.08. The van der Waals surface area contributed by atoms with E-state index in [4.69, 9.17) is 4.74 Å². The number of rotatable bonds is 6. The number of halogens is 2. The minimum atomic E-state index is -0.335. The Bertz CT molecular complexity index is 578. The molecule has 0 spiro atoms. The number of benzene rings is 1. The molecule has 0 atom stereocenters. The van der Waals surface area contributed by atoms with Crippen LogP contribution in [0.1, 0.15) is 18.9 Å². The molecule has 0 aliphatic rings. The molecule has 0 aliphatic heterocycles. The maximum Gasteiger partial charge on any atom is 0.150 e. The second-order valence-corrected chi connectivity index (χ2v) is 5.19. The highest BCUT2D eigenvalue weighted by molar-refractivity contribution is 9.10. The first-order chi connectivity index (χ1) is 9.70. The van der Waals surface area contributed by atoms with Gasteiger partial charge in [0.25, 0.3) is 0 Å². The van der Waals surface area contributed by atoms with E-state index in [1.54, 1.807) is 18.5 Å². The Morgan fingerprint density at radius 2 is 2.15 bits per heavy atom. The van der Waals surface area contributed by atoms with E-state index in [0.717, 1.165) is 18.5 Å². The lowest BCUT2D eigenvalue weighted by Crippen LogP contribution is -2.14. The molecule has 0 radical (unpaired) electrons. The molecule has 2 rings (SSSR count). The number of pyridine rings is 1. The summed E-state index contributed by atoms with van der Waals surface area (Å²) in [5.41, 5.74) is 0.990. The maximum absolute atomic E-state index is 13.3. The summed E-state index contributed by atoms with van der Waals surface area (Å²) < 4.78 is 19.7. The summed E-state index contributed by atoms with van der Waals surface area (Å²) in [6, 6.07) is 6.24. The van der Waals surface area contributed by atoms with Gasteiger partial charge in [0.15, 0.2) is 0 Å². The van der Waals surface area contributed by atoms with Crippen molar-refractivity contribution in [1.29, 1.82) is 0 Å². The van der Waals surface area contributed by atoms with Gasteiger partial charge in [-0.1, -0.05) is 6.92 Å². The normalized spacial score (nSPS) is 10.6. The molecule has 0 amide bonds. The van der Waals surface area contributed by atoms with Crippen LogP contribution < -0.4 is 10.1 Å². The largest absolute Gasteiger partial charge is 0.454 e. The van der Waals surface area contributed by atoms with Gasteiger partial charge in [-0.15, -0.1) is 0 Å². The Kier molecular flexibility index (Phi) is 5.49. The third-order valence-electron chi connectivity index (χ3n) is 2.73. The molecule has 1 aromatic carbocycles. The highest BCUT2D eigenvalue weighted by atomic mass is 79.9. The standard InChI is InChI=1S/C15H16BrFN2O/c1-2-6-18-9-11-5-7-19-10-15(11)20-14-8-12(17)3-4-13(14)16/h3-5,7-8,10,18H,2,6,9H2,1H3. The van der Waals surface area contributed by atoms with E-state index >= 15 is 0 Å². The Labute approximate surface area is 126 Å². The van der Waals surface area contributed by atoms with Crippen molar-refractivity contribution >= 4 is 15.9 Å². The summed E-state index contributed by atoms with van der Waals surface area (Å²) >= 11 is 3.35. The topological polar surface area (TPSA) is 34.2 Å². The average Bonchev–Trinajstić information content (AvgIpc) is 2.45. The molecule has 0 fully saturated rings. The fraction of sp³-hybridized carbons (Fsp3) is 0.267. The van der Waals surface area contributed by atoms with Crippen molar-refractivity contribution in [2.45, 2.75) is 19.9 Å². The predicted octanol–water partition coefficient (Wildman–Crippen LogP) is 4.28. The minimum Gasteiger partial charge on any atom is -0.454 e. The lowest BCUT2D eigenvalue weighted by molar-refractivity contribution is 0.462. The first-order valence-electron chi connectivity index (χ1n) is 6.47. The first kappa shape index (κ1) is 14.9. The van der Waals surface area contributed by atoms with Crippen LogP contribution in [-0.4, -0.2) is 11.5 Å². The second kappa shape index (κ2) is 7.36. The van der Waals surface area contributed by atoms with Crippen LogP contribution in [0.15, 0.2) is 41.1 Å². The average molecular weight is 339 g/mol. The molecular formula is C15H16BrFN2O. The zero-order valence-corrected chi connectivity index (χ0v) is 12.8. The molecule has 20 heavy (non-hydrogen) atoms. The van der Waals surface area contributed by atoms with Gasteiger partial charge >= 0.3 is 0 Å². The van der Waals surface area contributed by atoms with E-state index < -0.39 is 0 Å². The summed E-state index contributed by atoms with van der Waals surface area (Å²) in [4.78, 5) is 4.06. The van der Waals surface area contributed by atoms with Gasteiger partial charge in [0, 0.05) is 24.4 Å². The number of hydrogen-bond acceptors (Lipinski definition) is 3. The molecule has 1 N–H and O–H groups in total. The molecule has 5 heteroatoms. The monoisotopic (exact) mass is 338 g/mol. The molecule has 0 aliphatic carbocycles. The molecule has 0 saturated heterocycles. The molecule has 106 valence electrons. The summed E-state index contributed by atoms with van der Waals surface area (Å²) in [6.45, 7) is 3.74. The zero-order chi connectivity index (χ0) is 14.4. The van der Waals surface area contributed by atoms with E-state index in [0.29, 0.717) is 22.5 Å². The third kappa shape index (κ3) is 4.02. The van der Waals surface area contributed by atoms with E-state index in [1.807, 2.05) is 6.07 Å². The summed E-state index contributed by atoms with van der Waals surface area (Å²) in [5.74, 6) is 0.731. The van der Waals surface area contributed by atoms with Crippen LogP contribution in [0.5, 0.6) is 11.5 Å². The molecule has 0 bridgehead atoms. The number of ether oxygens (including phenoxy) is 1. The highest BCUT2D eigenvalue weighted by Crippen LogP contribution is 2.31. The quantitative estimate of drug-likeness (QED) is 0.798. The predicted molar refractivity (Wildman–Crippen MR) is 80.4 cm³/mol. The van der Waals surface area contributed by atoms with Crippen LogP contribution in [0.3, 0.4) is 0 Å². The van der Waals surface area contributed by atoms with E-state index in [2.05, 4.69) is 33.2 Å². The lowest BCUT2D eigenvalue weighted by Gasteiger charge is -2.12. The molecule has 1 heterocycles. The van der Waals surface area contributed by atoms with Gasteiger partial charge in [0.05, 0.1) is 10.7 Å². The van der Waals surface area contributed by atoms with Gasteiger partial charge in [0.2, 0.25) is 0 Å². The van der Waals surface area contributed by atoms with Crippen LogP contribution in [0.4, 0.5) is 4.39 Å². The Morgan fingerprint density at radius 3 is 2.95 bits per heavy atom. The van der Waals surface area contributed by atoms with Crippen LogP contribution in [0.25, 0.3) is 0 Å². The van der Waals surface area contributed by atoms with Gasteiger partial charge in [-0.05, 0) is 47.1 Å². The summed E-state index contributed by atoms with van der Waals surface area (Å²) in [6.07, 6.45) is 4.42. The Balaban J connectivity index is 2.18. The smallest absolute Gasteiger partial charge is 0.150 e. The van der Waals surface area contributed by atoms with Crippen LogP contribution in [0, 0.1) is 5.82 Å². The molecule has 1 aromatic heterocycles. The van der Waals surface area contributed by atoms with Gasteiger partial charge in [-0.25, -0.2) is 4.39 Å². The fourth-order valence-corrected chi connectivity index (χ4v) is 2.05. The molecule has 3 nitrogen and oxygen atoms in total. The third-order valence-corrected chi connectivity index (χ3v) is 3.38. The van der Waals surface area contributed by atoms with Gasteiger partial charge in [-0.2, -0.15) is 0 Å². The fourth-order valence-electron chi connectivity index (χ4n) is 1.72. The van der Waals surface area contributed by atoms with Crippen LogP contribution >= 0.6 is 15.9 Å². The van der Waals surface area contributed by atoms with E-state index in [1.165, 1.54) is 12.1 Å². The molecule has 0 unspecified atom stereocenters. The summed E-state index contributed by atoms with van der Waals surface area (Å²) in [5, 5.41) is 3.31. The van der Waals surface area contributed by atoms with Crippen LogP contribution in [0.2, 0.25) is 0 Å². The van der Waals surface area contributed by atoms with Crippen molar-refractivity contribution in [1.82, 2.24) is 10.3 Å². The van der Waals surface area contributed by atoms with E-state index in [9.17, 15) is 4.39 Å². The lowest BCUT2D eigenvalue weighted by atomic mass is 10.2. The van der Waals surface area contributed by atoms with E-state index in [-0.39, 0.29) is 5.82 Å². The zero-order valence-electron chi connectivity index (χ0n) is 11.2.